The number of halogens is 3. The maximum atomic E-state index is 14.1. The Balaban J connectivity index is 1.30. The van der Waals surface area contributed by atoms with E-state index < -0.39 is 51.4 Å². The molecule has 3 amide bonds. The Morgan fingerprint density at radius 1 is 0.915 bits per heavy atom. The summed E-state index contributed by atoms with van der Waals surface area (Å²) in [7, 11) is 1.45. The molecule has 1 fully saturated rings. The van der Waals surface area contributed by atoms with Crippen molar-refractivity contribution in [2.24, 2.45) is 5.92 Å². The lowest BCUT2D eigenvalue weighted by Gasteiger charge is -2.31. The second-order valence-electron chi connectivity index (χ2n) is 11.0. The summed E-state index contributed by atoms with van der Waals surface area (Å²) in [5.41, 5.74) is -0.0891. The second-order valence-corrected chi connectivity index (χ2v) is 13.2. The molecule has 2 aliphatic rings. The molecule has 238 valence electrons. The third-order valence-corrected chi connectivity index (χ3v) is 10.9. The third-order valence-electron chi connectivity index (χ3n) is 8.32. The maximum absolute atomic E-state index is 14.1. The Bertz CT molecular complexity index is 2140. The van der Waals surface area contributed by atoms with Crippen molar-refractivity contribution in [3.8, 4) is 5.75 Å². The first-order valence-electron chi connectivity index (χ1n) is 14.4. The molecule has 47 heavy (non-hydrogen) atoms. The second kappa shape index (κ2) is 11.7. The van der Waals surface area contributed by atoms with Gasteiger partial charge in [0.2, 0.25) is 17.7 Å². The summed E-state index contributed by atoms with van der Waals surface area (Å²) in [6.45, 7) is -0.365. The summed E-state index contributed by atoms with van der Waals surface area (Å²) in [5, 5.41) is 3.89. The van der Waals surface area contributed by atoms with E-state index in [2.05, 4.69) is 5.32 Å². The summed E-state index contributed by atoms with van der Waals surface area (Å²) in [6.07, 6.45) is -4.68. The highest BCUT2D eigenvalue weighted by atomic mass is 32.2. The van der Waals surface area contributed by atoms with Gasteiger partial charge in [0.15, 0.2) is 0 Å². The number of hydrogen-bond acceptors (Lipinski definition) is 7. The number of hydrogen-bond donors (Lipinski definition) is 1. The number of benzene rings is 4. The molecule has 0 unspecified atom stereocenters. The molecule has 3 atom stereocenters. The Kier molecular flexibility index (Phi) is 7.68. The number of alkyl halides is 3. The van der Waals surface area contributed by atoms with Crippen molar-refractivity contribution in [3.63, 3.8) is 0 Å². The minimum atomic E-state index is -4.68. The smallest absolute Gasteiger partial charge is 0.416 e. The monoisotopic (exact) mass is 675 g/mol. The van der Waals surface area contributed by atoms with Gasteiger partial charge >= 0.3 is 11.0 Å². The molecule has 7 rings (SSSR count). The Morgan fingerprint density at radius 2 is 1.64 bits per heavy atom. The molecule has 5 aromatic rings. The van der Waals surface area contributed by atoms with Crippen LogP contribution in [0, 0.1) is 5.92 Å². The van der Waals surface area contributed by atoms with E-state index in [0.29, 0.717) is 26.9 Å². The average molecular weight is 676 g/mol. The van der Waals surface area contributed by atoms with Crippen molar-refractivity contribution < 1.29 is 32.3 Å². The fourth-order valence-electron chi connectivity index (χ4n) is 6.26. The van der Waals surface area contributed by atoms with Crippen LogP contribution in [0.5, 0.6) is 5.75 Å². The molecule has 4 aromatic carbocycles. The van der Waals surface area contributed by atoms with Crippen molar-refractivity contribution in [2.75, 3.05) is 17.3 Å². The first kappa shape index (κ1) is 30.8. The van der Waals surface area contributed by atoms with Crippen LogP contribution in [-0.2, 0) is 27.1 Å². The summed E-state index contributed by atoms with van der Waals surface area (Å²) in [4.78, 5) is 55.8. The molecule has 0 radical (unpaired) electrons. The summed E-state index contributed by atoms with van der Waals surface area (Å²) in [6, 6.07) is 24.0. The van der Waals surface area contributed by atoms with E-state index in [1.807, 2.05) is 36.4 Å². The highest BCUT2D eigenvalue weighted by Gasteiger charge is 2.57. The number of amides is 3. The standard InChI is InChI=1S/C34H24F3N3O5S2/c1-45-24-15-5-4-13-22(24)26-27-28(31(43)40(30(27)42)20-11-7-10-19(16-20)34(35,36)37)46-32-29(26)47-33(44)39(32)17-25(41)38-23-14-6-9-18-8-2-3-12-21(18)23/h2-16,26-28H,17H2,1H3,(H,38,41)/t26-,27-,28+/m0/s1. The number of ether oxygens (including phenoxy) is 1. The van der Waals surface area contributed by atoms with Gasteiger partial charge < -0.3 is 10.1 Å². The number of aromatic nitrogens is 1. The van der Waals surface area contributed by atoms with Crippen molar-refractivity contribution in [2.45, 2.75) is 28.9 Å². The number of methoxy groups -OCH3 is 1. The van der Waals surface area contributed by atoms with E-state index in [1.54, 1.807) is 30.3 Å². The fraction of sp³-hybridized carbons (Fsp3) is 0.176. The summed E-state index contributed by atoms with van der Waals surface area (Å²) in [5.74, 6) is -3.36. The SMILES string of the molecule is COc1ccccc1[C@@H]1c2sc(=O)n(CC(=O)Nc3cccc4ccccc34)c2S[C@H]2C(=O)N(c3cccc(C(F)(F)F)c3)C(=O)[C@@H]12. The summed E-state index contributed by atoms with van der Waals surface area (Å²) >= 11 is 1.84. The number of nitrogens with zero attached hydrogens (tertiary/aromatic N) is 2. The zero-order chi connectivity index (χ0) is 33.0. The van der Waals surface area contributed by atoms with Gasteiger partial charge in [-0.1, -0.05) is 83.8 Å². The topological polar surface area (TPSA) is 97.7 Å². The van der Waals surface area contributed by atoms with Crippen LogP contribution in [0.4, 0.5) is 24.5 Å². The van der Waals surface area contributed by atoms with E-state index in [-0.39, 0.29) is 12.2 Å². The van der Waals surface area contributed by atoms with Crippen molar-refractivity contribution in [3.05, 3.63) is 117 Å². The zero-order valence-electron chi connectivity index (χ0n) is 24.5. The molecule has 0 saturated carbocycles. The molecule has 3 heterocycles. The average Bonchev–Trinajstić information content (AvgIpc) is 3.50. The number of carbonyl (C=O) groups excluding carboxylic acids is 3. The number of para-hydroxylation sites is 1. The third kappa shape index (κ3) is 5.28. The van der Waals surface area contributed by atoms with Crippen LogP contribution in [-0.4, -0.2) is 34.6 Å². The fourth-order valence-corrected chi connectivity index (χ4v) is 9.02. The number of thioether (sulfide) groups is 1. The molecule has 0 spiro atoms. The predicted octanol–water partition coefficient (Wildman–Crippen LogP) is 6.52. The molecule has 0 aliphatic carbocycles. The summed E-state index contributed by atoms with van der Waals surface area (Å²) < 4.78 is 47.6. The molecule has 1 saturated heterocycles. The van der Waals surface area contributed by atoms with Crippen LogP contribution in [0.25, 0.3) is 10.8 Å². The van der Waals surface area contributed by atoms with Gasteiger partial charge in [-0.3, -0.25) is 23.7 Å². The van der Waals surface area contributed by atoms with Crippen molar-refractivity contribution in [1.82, 2.24) is 4.57 Å². The van der Waals surface area contributed by atoms with E-state index in [0.717, 1.165) is 57.0 Å². The molecule has 2 aliphatic heterocycles. The highest BCUT2D eigenvalue weighted by Crippen LogP contribution is 2.55. The minimum absolute atomic E-state index is 0.196. The molecule has 8 nitrogen and oxygen atoms in total. The van der Waals surface area contributed by atoms with Gasteiger partial charge in [-0.25, -0.2) is 4.90 Å². The number of thiazole rings is 1. The van der Waals surface area contributed by atoms with Gasteiger partial charge in [0.05, 0.1) is 29.3 Å². The number of fused-ring (bicyclic) bond motifs is 3. The van der Waals surface area contributed by atoms with Crippen LogP contribution in [0.15, 0.2) is 101 Å². The van der Waals surface area contributed by atoms with Gasteiger partial charge in [0.25, 0.3) is 0 Å². The highest BCUT2D eigenvalue weighted by molar-refractivity contribution is 8.00. The molecule has 0 bridgehead atoms. The van der Waals surface area contributed by atoms with Gasteiger partial charge in [-0.2, -0.15) is 13.2 Å². The van der Waals surface area contributed by atoms with Crippen LogP contribution in [0.3, 0.4) is 0 Å². The molecular weight excluding hydrogens is 652 g/mol. The van der Waals surface area contributed by atoms with Gasteiger partial charge in [0, 0.05) is 27.4 Å². The number of nitrogens with one attached hydrogen (secondary N) is 1. The van der Waals surface area contributed by atoms with Crippen LogP contribution in [0.1, 0.15) is 21.9 Å². The lowest BCUT2D eigenvalue weighted by atomic mass is 9.82. The van der Waals surface area contributed by atoms with Crippen LogP contribution >= 0.6 is 23.1 Å². The lowest BCUT2D eigenvalue weighted by Crippen LogP contribution is -2.33. The number of rotatable bonds is 6. The number of imide groups is 1. The Hall–Kier alpha value is -4.88. The van der Waals surface area contributed by atoms with E-state index in [1.165, 1.54) is 17.7 Å². The molecule has 13 heteroatoms. The van der Waals surface area contributed by atoms with E-state index in [4.69, 9.17) is 4.74 Å². The van der Waals surface area contributed by atoms with Crippen molar-refractivity contribution in [1.29, 1.82) is 0 Å². The van der Waals surface area contributed by atoms with Crippen LogP contribution < -0.4 is 19.8 Å². The van der Waals surface area contributed by atoms with E-state index in [9.17, 15) is 32.3 Å². The van der Waals surface area contributed by atoms with Crippen LogP contribution in [0.2, 0.25) is 0 Å². The quantitative estimate of drug-likeness (QED) is 0.206. The number of anilines is 2. The Labute approximate surface area is 273 Å². The normalized spacial score (nSPS) is 19.1. The first-order chi connectivity index (χ1) is 22.6. The van der Waals surface area contributed by atoms with E-state index >= 15 is 0 Å². The van der Waals surface area contributed by atoms with Crippen molar-refractivity contribution >= 4 is 63.0 Å². The van der Waals surface area contributed by atoms with Gasteiger partial charge in [-0.05, 0) is 35.7 Å². The maximum Gasteiger partial charge on any atom is 0.416 e. The molecule has 1 aromatic heterocycles. The molecular formula is C34H24F3N3O5S2. The zero-order valence-corrected chi connectivity index (χ0v) is 26.1. The van der Waals surface area contributed by atoms with Gasteiger partial charge in [0.1, 0.15) is 17.5 Å². The van der Waals surface area contributed by atoms with Gasteiger partial charge in [-0.15, -0.1) is 0 Å². The lowest BCUT2D eigenvalue weighted by molar-refractivity contribution is -0.137. The predicted molar refractivity (Wildman–Crippen MR) is 173 cm³/mol. The molecule has 1 N–H and O–H groups in total. The minimum Gasteiger partial charge on any atom is -0.496 e. The first-order valence-corrected chi connectivity index (χ1v) is 16.1. The number of carbonyl (C=O) groups is 3. The largest absolute Gasteiger partial charge is 0.496 e. The Morgan fingerprint density at radius 3 is 2.43 bits per heavy atom.